The molecule has 0 aliphatic carbocycles. The predicted molar refractivity (Wildman–Crippen MR) is 142 cm³/mol. The lowest BCUT2D eigenvalue weighted by molar-refractivity contribution is -0.0500. The molecule has 0 saturated carbocycles. The largest absolute Gasteiger partial charge is 0.534 e. The number of rotatable bonds is 3. The van der Waals surface area contributed by atoms with E-state index in [0.29, 0.717) is 5.56 Å². The van der Waals surface area contributed by atoms with Crippen molar-refractivity contribution in [2.75, 3.05) is 0 Å². The van der Waals surface area contributed by atoms with Crippen molar-refractivity contribution in [2.24, 2.45) is 0 Å². The van der Waals surface area contributed by atoms with E-state index >= 15 is 0 Å². The lowest BCUT2D eigenvalue weighted by Crippen LogP contribution is -2.41. The van der Waals surface area contributed by atoms with Gasteiger partial charge in [-0.1, -0.05) is 84.0 Å². The van der Waals surface area contributed by atoms with Crippen LogP contribution in [0.1, 0.15) is 80.4 Å². The van der Waals surface area contributed by atoms with Gasteiger partial charge in [0.15, 0.2) is 0 Å². The molecule has 2 aromatic rings. The van der Waals surface area contributed by atoms with Gasteiger partial charge < -0.3 is 13.5 Å². The van der Waals surface area contributed by atoms with Gasteiger partial charge in [0.05, 0.1) is 11.2 Å². The van der Waals surface area contributed by atoms with Gasteiger partial charge >= 0.3 is 22.7 Å². The van der Waals surface area contributed by atoms with Crippen LogP contribution in [0.25, 0.3) is 0 Å². The summed E-state index contributed by atoms with van der Waals surface area (Å²) < 4.78 is 75.1. The Balaban J connectivity index is 0.000000261. The molecule has 0 amide bonds. The summed E-state index contributed by atoms with van der Waals surface area (Å²) in [6.45, 7) is 20.3. The lowest BCUT2D eigenvalue weighted by Gasteiger charge is -2.32. The molecular formula is C27H38BF3O5S. The molecule has 0 spiro atoms. The molecule has 0 unspecified atom stereocenters. The molecular weight excluding hydrogens is 504 g/mol. The van der Waals surface area contributed by atoms with Crippen molar-refractivity contribution < 1.29 is 35.1 Å². The van der Waals surface area contributed by atoms with E-state index in [1.54, 1.807) is 26.8 Å². The van der Waals surface area contributed by atoms with Gasteiger partial charge in [-0.3, -0.25) is 0 Å². The monoisotopic (exact) mass is 542 g/mol. The van der Waals surface area contributed by atoms with Crippen LogP contribution >= 0.6 is 0 Å². The Morgan fingerprint density at radius 1 is 0.730 bits per heavy atom. The quantitative estimate of drug-likeness (QED) is 0.252. The van der Waals surface area contributed by atoms with Crippen molar-refractivity contribution >= 4 is 22.7 Å². The number of hydrogen-bond donors (Lipinski definition) is 0. The first-order valence-electron chi connectivity index (χ1n) is 12.0. The summed E-state index contributed by atoms with van der Waals surface area (Å²) in [6.07, 6.45) is 0. The fraction of sp³-hybridized carbons (Fsp3) is 0.556. The summed E-state index contributed by atoms with van der Waals surface area (Å²) >= 11 is 0. The van der Waals surface area contributed by atoms with Crippen LogP contribution in [0.3, 0.4) is 0 Å². The normalized spacial score (nSPS) is 17.7. The molecule has 0 bridgehead atoms. The molecule has 1 saturated heterocycles. The van der Waals surface area contributed by atoms with E-state index in [1.807, 2.05) is 0 Å². The van der Waals surface area contributed by atoms with Crippen LogP contribution in [0.2, 0.25) is 0 Å². The third-order valence-electron chi connectivity index (χ3n) is 6.45. The Bertz CT molecular complexity index is 1180. The zero-order valence-corrected chi connectivity index (χ0v) is 24.1. The minimum absolute atomic E-state index is 0.0835. The second kappa shape index (κ2) is 10.3. The van der Waals surface area contributed by atoms with Crippen LogP contribution in [-0.4, -0.2) is 32.2 Å². The molecule has 0 N–H and O–H groups in total. The summed E-state index contributed by atoms with van der Waals surface area (Å²) in [5.41, 5.74) is -3.64. The fourth-order valence-electron chi connectivity index (χ4n) is 3.68. The maximum absolute atomic E-state index is 12.2. The third kappa shape index (κ3) is 7.30. The zero-order chi connectivity index (χ0) is 28.7. The minimum Gasteiger partial charge on any atom is -0.399 e. The number of hydrogen-bond acceptors (Lipinski definition) is 5. The second-order valence-corrected chi connectivity index (χ2v) is 13.7. The second-order valence-electron chi connectivity index (χ2n) is 12.2. The van der Waals surface area contributed by atoms with Gasteiger partial charge in [0.2, 0.25) is 0 Å². The Kier molecular flexibility index (Phi) is 8.65. The highest BCUT2D eigenvalue weighted by Crippen LogP contribution is 2.37. The molecule has 1 aliphatic rings. The Hall–Kier alpha value is -2.04. The summed E-state index contributed by atoms with van der Waals surface area (Å²) in [7, 11) is -5.91. The smallest absolute Gasteiger partial charge is 0.399 e. The molecule has 0 atom stereocenters. The van der Waals surface area contributed by atoms with Crippen LogP contribution in [0.4, 0.5) is 13.2 Å². The van der Waals surface area contributed by atoms with E-state index < -0.39 is 21.0 Å². The van der Waals surface area contributed by atoms with Crippen molar-refractivity contribution in [3.8, 4) is 5.75 Å². The van der Waals surface area contributed by atoms with Crippen LogP contribution in [0, 0.1) is 0 Å². The maximum Gasteiger partial charge on any atom is 0.534 e. The first kappa shape index (κ1) is 31.2. The molecule has 0 aromatic heterocycles. The molecule has 3 rings (SSSR count). The SMILES string of the molecule is CC(C)(C)c1ccccc1B1OC(C)(C)C(C)(C)O1.CC(C)(C)c1ccccc1OS(=O)(=O)C(F)(F)F. The van der Waals surface area contributed by atoms with Crippen LogP contribution in [-0.2, 0) is 30.3 Å². The van der Waals surface area contributed by atoms with Gasteiger partial charge in [0.25, 0.3) is 0 Å². The van der Waals surface area contributed by atoms with E-state index in [2.05, 4.69) is 76.9 Å². The van der Waals surface area contributed by atoms with Gasteiger partial charge in [-0.2, -0.15) is 21.6 Å². The van der Waals surface area contributed by atoms with Gasteiger partial charge in [-0.25, -0.2) is 0 Å². The molecule has 5 nitrogen and oxygen atoms in total. The summed E-state index contributed by atoms with van der Waals surface area (Å²) in [5, 5.41) is 0. The van der Waals surface area contributed by atoms with Gasteiger partial charge in [-0.15, -0.1) is 0 Å². The summed E-state index contributed by atoms with van der Waals surface area (Å²) in [5.74, 6) is -0.303. The molecule has 10 heteroatoms. The molecule has 2 aromatic carbocycles. The molecule has 206 valence electrons. The van der Waals surface area contributed by atoms with Gasteiger partial charge in [0, 0.05) is 5.56 Å². The van der Waals surface area contributed by atoms with Gasteiger partial charge in [-0.05, 0) is 55.6 Å². The van der Waals surface area contributed by atoms with Crippen molar-refractivity contribution in [3.63, 3.8) is 0 Å². The van der Waals surface area contributed by atoms with E-state index in [-0.39, 0.29) is 29.5 Å². The minimum atomic E-state index is -5.63. The van der Waals surface area contributed by atoms with Crippen LogP contribution in [0.5, 0.6) is 5.75 Å². The zero-order valence-electron chi connectivity index (χ0n) is 23.3. The topological polar surface area (TPSA) is 61.8 Å². The average Bonchev–Trinajstić information content (AvgIpc) is 2.93. The van der Waals surface area contributed by atoms with E-state index in [4.69, 9.17) is 9.31 Å². The highest BCUT2D eigenvalue weighted by atomic mass is 32.2. The fourth-order valence-corrected chi connectivity index (χ4v) is 4.16. The standard InChI is InChI=1S/C16H25BO2.C11H13F3O3S/c1-14(2,3)12-10-8-9-11-13(12)17-18-15(4,5)16(6,7)19-17;1-10(2,3)8-6-4-5-7-9(8)17-18(15,16)11(12,13)14/h8-11H,1-7H3;4-7H,1-3H3. The Morgan fingerprint density at radius 3 is 1.57 bits per heavy atom. The Labute approximate surface area is 220 Å². The first-order valence-corrected chi connectivity index (χ1v) is 13.5. The average molecular weight is 542 g/mol. The number of para-hydroxylation sites is 1. The van der Waals surface area contributed by atoms with E-state index in [9.17, 15) is 21.6 Å². The van der Waals surface area contributed by atoms with Crippen molar-refractivity contribution in [2.45, 2.75) is 96.8 Å². The molecule has 1 aliphatic heterocycles. The number of alkyl halides is 3. The predicted octanol–water partition coefficient (Wildman–Crippen LogP) is 6.50. The van der Waals surface area contributed by atoms with Crippen molar-refractivity contribution in [1.29, 1.82) is 0 Å². The highest BCUT2D eigenvalue weighted by molar-refractivity contribution is 7.88. The number of benzene rings is 2. The molecule has 0 radical (unpaired) electrons. The maximum atomic E-state index is 12.2. The summed E-state index contributed by atoms with van der Waals surface area (Å²) in [6, 6.07) is 14.2. The lowest BCUT2D eigenvalue weighted by atomic mass is 9.70. The molecule has 1 heterocycles. The van der Waals surface area contributed by atoms with Crippen LogP contribution in [0.15, 0.2) is 48.5 Å². The summed E-state index contributed by atoms with van der Waals surface area (Å²) in [4.78, 5) is 0. The first-order chi connectivity index (χ1) is 16.5. The molecule has 1 fully saturated rings. The Morgan fingerprint density at radius 2 is 1.14 bits per heavy atom. The third-order valence-corrected chi connectivity index (χ3v) is 7.42. The van der Waals surface area contributed by atoms with E-state index in [1.165, 1.54) is 23.8 Å². The number of halogens is 3. The highest BCUT2D eigenvalue weighted by Gasteiger charge is 2.52. The van der Waals surface area contributed by atoms with Crippen molar-refractivity contribution in [1.82, 2.24) is 0 Å². The molecule has 37 heavy (non-hydrogen) atoms. The van der Waals surface area contributed by atoms with Crippen LogP contribution < -0.4 is 9.65 Å². The van der Waals surface area contributed by atoms with Gasteiger partial charge in [0.1, 0.15) is 5.75 Å². The van der Waals surface area contributed by atoms with E-state index in [0.717, 1.165) is 5.46 Å². The van der Waals surface area contributed by atoms with Crippen molar-refractivity contribution in [3.05, 3.63) is 59.7 Å².